The number of hydrogen-bond donors (Lipinski definition) is 2. The Morgan fingerprint density at radius 1 is 1.56 bits per heavy atom. The number of nitrogens with one attached hydrogen (secondary N) is 1. The van der Waals surface area contributed by atoms with Gasteiger partial charge < -0.3 is 15.3 Å². The Balaban J connectivity index is 1.91. The van der Waals surface area contributed by atoms with Crippen LogP contribution >= 0.6 is 0 Å². The number of carbonyl (C=O) groups excluding carboxylic acids is 1. The first-order valence-corrected chi connectivity index (χ1v) is 6.19. The van der Waals surface area contributed by atoms with Crippen LogP contribution in [-0.4, -0.2) is 40.5 Å². The fourth-order valence-electron chi connectivity index (χ4n) is 2.15. The van der Waals surface area contributed by atoms with Crippen LogP contribution in [0.1, 0.15) is 24.2 Å². The zero-order valence-electron chi connectivity index (χ0n) is 10.8. The number of pyridine rings is 1. The van der Waals surface area contributed by atoms with Crippen molar-refractivity contribution in [3.63, 3.8) is 0 Å². The molecule has 98 valence electrons. The highest BCUT2D eigenvalue weighted by Gasteiger charge is 2.22. The third-order valence-electron chi connectivity index (χ3n) is 3.27. The van der Waals surface area contributed by atoms with E-state index in [-0.39, 0.29) is 17.7 Å². The van der Waals surface area contributed by atoms with Gasteiger partial charge in [0.2, 0.25) is 5.91 Å². The minimum Gasteiger partial charge on any atom is -0.506 e. The van der Waals surface area contributed by atoms with Gasteiger partial charge in [0.05, 0.1) is 5.69 Å². The van der Waals surface area contributed by atoms with Gasteiger partial charge in [-0.3, -0.25) is 9.78 Å². The zero-order valence-corrected chi connectivity index (χ0v) is 10.8. The lowest BCUT2D eigenvalue weighted by molar-refractivity contribution is -0.132. The summed E-state index contributed by atoms with van der Waals surface area (Å²) in [4.78, 5) is 17.4. The number of amides is 1. The molecule has 0 bridgehead atoms. The summed E-state index contributed by atoms with van der Waals surface area (Å²) in [6.07, 6.45) is 1.43. The number of rotatable bonds is 3. The van der Waals surface area contributed by atoms with Gasteiger partial charge in [0.1, 0.15) is 5.75 Å². The van der Waals surface area contributed by atoms with E-state index in [1.165, 1.54) is 0 Å². The zero-order chi connectivity index (χ0) is 13.1. The van der Waals surface area contributed by atoms with Gasteiger partial charge in [0, 0.05) is 38.3 Å². The number of aryl methyl sites for hydroxylation is 1. The van der Waals surface area contributed by atoms with Gasteiger partial charge in [-0.25, -0.2) is 0 Å². The molecule has 2 N–H and O–H groups in total. The molecule has 2 heterocycles. The summed E-state index contributed by atoms with van der Waals surface area (Å²) in [5.74, 6) is 0.415. The van der Waals surface area contributed by atoms with Crippen molar-refractivity contribution in [2.45, 2.75) is 32.4 Å². The van der Waals surface area contributed by atoms with Crippen LogP contribution in [0.3, 0.4) is 0 Å². The van der Waals surface area contributed by atoms with Crippen LogP contribution in [0.25, 0.3) is 0 Å². The molecule has 0 aliphatic carbocycles. The lowest BCUT2D eigenvalue weighted by atomic mass is 10.1. The Kier molecular flexibility index (Phi) is 3.81. The third-order valence-corrected chi connectivity index (χ3v) is 3.27. The fraction of sp³-hybridized carbons (Fsp3) is 0.538. The van der Waals surface area contributed by atoms with Crippen molar-refractivity contribution in [3.8, 4) is 5.75 Å². The molecule has 0 aromatic carbocycles. The van der Waals surface area contributed by atoms with Gasteiger partial charge in [-0.1, -0.05) is 0 Å². The van der Waals surface area contributed by atoms with E-state index in [0.29, 0.717) is 25.2 Å². The minimum atomic E-state index is 0.199. The molecule has 1 unspecified atom stereocenters. The van der Waals surface area contributed by atoms with Crippen LogP contribution in [0, 0.1) is 6.92 Å². The summed E-state index contributed by atoms with van der Waals surface area (Å²) in [6, 6.07) is 3.72. The quantitative estimate of drug-likeness (QED) is 0.832. The maximum Gasteiger partial charge on any atom is 0.222 e. The highest BCUT2D eigenvalue weighted by atomic mass is 16.3. The standard InChI is InChI=1S/C13H19N3O2/c1-9-3-5-12(17)11(15-9)7-14-10-4-6-13(18)16(2)8-10/h3,5,10,14,17H,4,6-8H2,1-2H3. The van der Waals surface area contributed by atoms with Crippen LogP contribution < -0.4 is 5.32 Å². The number of likely N-dealkylation sites (N-methyl/N-ethyl adjacent to an activating group) is 1. The predicted octanol–water partition coefficient (Wildman–Crippen LogP) is 0.806. The molecular formula is C13H19N3O2. The highest BCUT2D eigenvalue weighted by molar-refractivity contribution is 5.76. The normalized spacial score (nSPS) is 20.2. The molecule has 0 radical (unpaired) electrons. The lowest BCUT2D eigenvalue weighted by Gasteiger charge is -2.30. The molecule has 1 aliphatic rings. The van der Waals surface area contributed by atoms with E-state index in [9.17, 15) is 9.90 Å². The number of hydrogen-bond acceptors (Lipinski definition) is 4. The SMILES string of the molecule is Cc1ccc(O)c(CNC2CCC(=O)N(C)C2)n1. The average molecular weight is 249 g/mol. The lowest BCUT2D eigenvalue weighted by Crippen LogP contribution is -2.46. The van der Waals surface area contributed by atoms with Gasteiger partial charge in [-0.05, 0) is 25.5 Å². The topological polar surface area (TPSA) is 65.5 Å². The van der Waals surface area contributed by atoms with Crippen molar-refractivity contribution in [2.75, 3.05) is 13.6 Å². The van der Waals surface area contributed by atoms with Crippen LogP contribution in [0.15, 0.2) is 12.1 Å². The van der Waals surface area contributed by atoms with Crippen LogP contribution in [0.5, 0.6) is 5.75 Å². The van der Waals surface area contributed by atoms with Crippen LogP contribution in [0.2, 0.25) is 0 Å². The summed E-state index contributed by atoms with van der Waals surface area (Å²) < 4.78 is 0. The Hall–Kier alpha value is -1.62. The number of piperidine rings is 1. The molecular weight excluding hydrogens is 230 g/mol. The van der Waals surface area contributed by atoms with Gasteiger partial charge in [-0.15, -0.1) is 0 Å². The van der Waals surface area contributed by atoms with Crippen molar-refractivity contribution in [1.82, 2.24) is 15.2 Å². The molecule has 1 aliphatic heterocycles. The predicted molar refractivity (Wildman–Crippen MR) is 68.1 cm³/mol. The summed E-state index contributed by atoms with van der Waals surface area (Å²) in [7, 11) is 1.82. The van der Waals surface area contributed by atoms with Crippen molar-refractivity contribution in [3.05, 3.63) is 23.5 Å². The Labute approximate surface area is 107 Å². The van der Waals surface area contributed by atoms with E-state index in [1.807, 2.05) is 14.0 Å². The number of aromatic nitrogens is 1. The van der Waals surface area contributed by atoms with Crippen molar-refractivity contribution in [2.24, 2.45) is 0 Å². The monoisotopic (exact) mass is 249 g/mol. The first-order valence-electron chi connectivity index (χ1n) is 6.19. The summed E-state index contributed by atoms with van der Waals surface area (Å²) in [6.45, 7) is 3.14. The van der Waals surface area contributed by atoms with Gasteiger partial charge >= 0.3 is 0 Å². The number of aromatic hydroxyl groups is 1. The second-order valence-electron chi connectivity index (χ2n) is 4.81. The number of nitrogens with zero attached hydrogens (tertiary/aromatic N) is 2. The molecule has 1 amide bonds. The van der Waals surface area contributed by atoms with Crippen LogP contribution in [0.4, 0.5) is 0 Å². The molecule has 1 aromatic rings. The Morgan fingerprint density at radius 2 is 2.33 bits per heavy atom. The molecule has 5 heteroatoms. The minimum absolute atomic E-state index is 0.199. The van der Waals surface area contributed by atoms with E-state index in [1.54, 1.807) is 17.0 Å². The maximum absolute atomic E-state index is 11.4. The molecule has 0 saturated carbocycles. The molecule has 5 nitrogen and oxygen atoms in total. The second kappa shape index (κ2) is 5.35. The third kappa shape index (κ3) is 2.98. The first-order chi connectivity index (χ1) is 8.56. The smallest absolute Gasteiger partial charge is 0.222 e. The van der Waals surface area contributed by atoms with Crippen molar-refractivity contribution < 1.29 is 9.90 Å². The van der Waals surface area contributed by atoms with E-state index < -0.39 is 0 Å². The maximum atomic E-state index is 11.4. The van der Waals surface area contributed by atoms with Gasteiger partial charge in [-0.2, -0.15) is 0 Å². The molecule has 2 rings (SSSR count). The first kappa shape index (κ1) is 12.8. The van der Waals surface area contributed by atoms with E-state index in [0.717, 1.165) is 12.1 Å². The fourth-order valence-corrected chi connectivity index (χ4v) is 2.15. The average Bonchev–Trinajstić information content (AvgIpc) is 2.34. The molecule has 1 atom stereocenters. The van der Waals surface area contributed by atoms with E-state index in [2.05, 4.69) is 10.3 Å². The van der Waals surface area contributed by atoms with Crippen molar-refractivity contribution in [1.29, 1.82) is 0 Å². The largest absolute Gasteiger partial charge is 0.506 e. The van der Waals surface area contributed by atoms with Crippen molar-refractivity contribution >= 4 is 5.91 Å². The van der Waals surface area contributed by atoms with E-state index in [4.69, 9.17) is 0 Å². The summed E-state index contributed by atoms with van der Waals surface area (Å²) in [5, 5.41) is 13.0. The van der Waals surface area contributed by atoms with Gasteiger partial charge in [0.15, 0.2) is 0 Å². The number of carbonyl (C=O) groups is 1. The molecule has 1 saturated heterocycles. The molecule has 1 fully saturated rings. The summed E-state index contributed by atoms with van der Waals surface area (Å²) >= 11 is 0. The number of likely N-dealkylation sites (tertiary alicyclic amines) is 1. The van der Waals surface area contributed by atoms with Crippen LogP contribution in [-0.2, 0) is 11.3 Å². The molecule has 0 spiro atoms. The molecule has 1 aromatic heterocycles. The Bertz CT molecular complexity index is 448. The highest BCUT2D eigenvalue weighted by Crippen LogP contribution is 2.16. The van der Waals surface area contributed by atoms with E-state index >= 15 is 0 Å². The summed E-state index contributed by atoms with van der Waals surface area (Å²) in [5.41, 5.74) is 1.55. The second-order valence-corrected chi connectivity index (χ2v) is 4.81. The molecule has 18 heavy (non-hydrogen) atoms. The Morgan fingerprint density at radius 3 is 3.06 bits per heavy atom. The van der Waals surface area contributed by atoms with Gasteiger partial charge in [0.25, 0.3) is 0 Å².